The van der Waals surface area contributed by atoms with E-state index < -0.39 is 23.8 Å². The van der Waals surface area contributed by atoms with E-state index in [0.717, 1.165) is 22.7 Å². The lowest BCUT2D eigenvalue weighted by molar-refractivity contribution is 0.0523. The fourth-order valence-corrected chi connectivity index (χ4v) is 5.88. The molecule has 0 spiro atoms. The van der Waals surface area contributed by atoms with Gasteiger partial charge in [0.2, 0.25) is 0 Å². The van der Waals surface area contributed by atoms with E-state index in [9.17, 15) is 19.2 Å². The number of benzene rings is 2. The monoisotopic (exact) mass is 522 g/mol. The molecule has 2 aromatic carbocycles. The lowest BCUT2D eigenvalue weighted by Crippen LogP contribution is -2.17. The summed E-state index contributed by atoms with van der Waals surface area (Å²) in [4.78, 5) is 52.0. The van der Waals surface area contributed by atoms with Gasteiger partial charge in [-0.15, -0.1) is 22.7 Å². The normalized spacial score (nSPS) is 10.6. The molecule has 4 rings (SSSR count). The highest BCUT2D eigenvalue weighted by Gasteiger charge is 2.30. The molecule has 2 amide bonds. The Bertz CT molecular complexity index is 1320. The Morgan fingerprint density at radius 1 is 0.667 bits per heavy atom. The molecular weight excluding hydrogens is 500 g/mol. The molecule has 184 valence electrons. The second-order valence-electron chi connectivity index (χ2n) is 7.36. The minimum Gasteiger partial charge on any atom is -0.462 e. The van der Waals surface area contributed by atoms with Gasteiger partial charge in [0.05, 0.1) is 34.0 Å². The topological polar surface area (TPSA) is 111 Å². The molecular formula is C26H22N2O6S2. The van der Waals surface area contributed by atoms with E-state index in [1.807, 2.05) is 0 Å². The predicted molar refractivity (Wildman–Crippen MR) is 140 cm³/mol. The van der Waals surface area contributed by atoms with Crippen LogP contribution in [0.2, 0.25) is 0 Å². The van der Waals surface area contributed by atoms with E-state index in [-0.39, 0.29) is 34.3 Å². The van der Waals surface area contributed by atoms with Crippen LogP contribution in [-0.2, 0) is 9.47 Å². The predicted octanol–water partition coefficient (Wildman–Crippen LogP) is 5.82. The number of carbonyl (C=O) groups excluding carboxylic acids is 4. The summed E-state index contributed by atoms with van der Waals surface area (Å²) in [5.74, 6) is -2.14. The summed E-state index contributed by atoms with van der Waals surface area (Å²) in [6, 6.07) is 17.0. The number of nitrogens with one attached hydrogen (secondary N) is 2. The number of carbonyl (C=O) groups is 4. The zero-order chi connectivity index (χ0) is 25.7. The summed E-state index contributed by atoms with van der Waals surface area (Å²) in [5, 5.41) is 5.97. The Morgan fingerprint density at radius 2 is 1.06 bits per heavy atom. The molecule has 4 aromatic rings. The lowest BCUT2D eigenvalue weighted by atomic mass is 10.1. The second-order valence-corrected chi connectivity index (χ2v) is 9.66. The first-order valence-electron chi connectivity index (χ1n) is 11.1. The average Bonchev–Trinajstić information content (AvgIpc) is 3.42. The van der Waals surface area contributed by atoms with Gasteiger partial charge in [-0.1, -0.05) is 36.4 Å². The number of hydrogen-bond donors (Lipinski definition) is 2. The summed E-state index contributed by atoms with van der Waals surface area (Å²) < 4.78 is 11.0. The molecule has 0 radical (unpaired) electrons. The molecule has 2 aromatic heterocycles. The molecule has 0 aliphatic heterocycles. The van der Waals surface area contributed by atoms with Crippen LogP contribution in [0.25, 0.3) is 9.40 Å². The first-order chi connectivity index (χ1) is 17.4. The summed E-state index contributed by atoms with van der Waals surface area (Å²) in [7, 11) is 0. The van der Waals surface area contributed by atoms with Crippen LogP contribution >= 0.6 is 22.7 Å². The van der Waals surface area contributed by atoms with Gasteiger partial charge in [0.25, 0.3) is 11.8 Å². The quantitative estimate of drug-likeness (QED) is 0.282. The Labute approximate surface area is 214 Å². The molecule has 0 aliphatic rings. The van der Waals surface area contributed by atoms with Gasteiger partial charge < -0.3 is 20.1 Å². The number of fused-ring (bicyclic) bond motifs is 1. The van der Waals surface area contributed by atoms with Gasteiger partial charge in [0.15, 0.2) is 0 Å². The number of amides is 2. The van der Waals surface area contributed by atoms with Crippen molar-refractivity contribution >= 4 is 67.2 Å². The fraction of sp³-hybridized carbons (Fsp3) is 0.154. The van der Waals surface area contributed by atoms with E-state index in [4.69, 9.17) is 9.47 Å². The number of rotatable bonds is 8. The van der Waals surface area contributed by atoms with Gasteiger partial charge in [0.1, 0.15) is 9.75 Å². The van der Waals surface area contributed by atoms with Gasteiger partial charge in [-0.05, 0) is 38.1 Å². The van der Waals surface area contributed by atoms with Crippen molar-refractivity contribution in [2.24, 2.45) is 0 Å². The molecule has 10 heteroatoms. The number of thiophene rings is 2. The van der Waals surface area contributed by atoms with Gasteiger partial charge in [-0.2, -0.15) is 0 Å². The van der Waals surface area contributed by atoms with Crippen molar-refractivity contribution in [2.75, 3.05) is 23.8 Å². The van der Waals surface area contributed by atoms with Crippen LogP contribution in [0.1, 0.15) is 53.9 Å². The summed E-state index contributed by atoms with van der Waals surface area (Å²) in [6.45, 7) is 3.64. The van der Waals surface area contributed by atoms with Crippen LogP contribution in [0.5, 0.6) is 0 Å². The van der Waals surface area contributed by atoms with Crippen molar-refractivity contribution in [1.29, 1.82) is 0 Å². The van der Waals surface area contributed by atoms with E-state index in [0.29, 0.717) is 20.5 Å². The highest BCUT2D eigenvalue weighted by Crippen LogP contribution is 2.48. The van der Waals surface area contributed by atoms with E-state index in [1.54, 1.807) is 74.5 Å². The van der Waals surface area contributed by atoms with Crippen molar-refractivity contribution in [3.63, 3.8) is 0 Å². The van der Waals surface area contributed by atoms with Crippen molar-refractivity contribution in [2.45, 2.75) is 13.8 Å². The first kappa shape index (κ1) is 25.1. The summed E-state index contributed by atoms with van der Waals surface area (Å²) >= 11 is 2.15. The molecule has 8 nitrogen and oxygen atoms in total. The highest BCUT2D eigenvalue weighted by molar-refractivity contribution is 7.40. The Morgan fingerprint density at radius 3 is 1.42 bits per heavy atom. The smallest absolute Gasteiger partial charge is 0.350 e. The Hall–Kier alpha value is -4.02. The lowest BCUT2D eigenvalue weighted by Gasteiger charge is -2.11. The minimum atomic E-state index is -0.618. The first-order valence-corrected chi connectivity index (χ1v) is 12.7. The molecule has 0 unspecified atom stereocenters. The van der Waals surface area contributed by atoms with Crippen LogP contribution in [0.3, 0.4) is 0 Å². The summed E-state index contributed by atoms with van der Waals surface area (Å²) in [5.41, 5.74) is 1.08. The molecule has 0 atom stereocenters. The largest absolute Gasteiger partial charge is 0.462 e. The fourth-order valence-electron chi connectivity index (χ4n) is 3.44. The maximum Gasteiger partial charge on any atom is 0.350 e. The number of anilines is 2. The molecule has 0 bridgehead atoms. The zero-order valence-corrected chi connectivity index (χ0v) is 21.1. The molecule has 0 fully saturated rings. The molecule has 36 heavy (non-hydrogen) atoms. The third-order valence-corrected chi connectivity index (χ3v) is 7.45. The summed E-state index contributed by atoms with van der Waals surface area (Å²) in [6.07, 6.45) is 0. The molecule has 2 N–H and O–H groups in total. The molecule has 0 aliphatic carbocycles. The van der Waals surface area contributed by atoms with Crippen molar-refractivity contribution in [1.82, 2.24) is 0 Å². The standard InChI is InChI=1S/C26H22N2O6S2/c1-3-33-24(31)20-18(27-22(29)15-11-7-5-8-12-15)17-19(28-23(30)16-13-9-6-10-14-16)21(25(32)34-4-2)36-26(17)35-20/h5-14H,3-4H2,1-2H3,(H,27,29)(H,28,30). The van der Waals surface area contributed by atoms with Crippen LogP contribution in [0.15, 0.2) is 60.7 Å². The van der Waals surface area contributed by atoms with E-state index in [2.05, 4.69) is 10.6 Å². The van der Waals surface area contributed by atoms with Crippen LogP contribution < -0.4 is 10.6 Å². The number of ether oxygens (including phenoxy) is 2. The van der Waals surface area contributed by atoms with Gasteiger partial charge >= 0.3 is 11.9 Å². The Kier molecular flexibility index (Phi) is 7.77. The van der Waals surface area contributed by atoms with Gasteiger partial charge in [0, 0.05) is 11.1 Å². The van der Waals surface area contributed by atoms with Gasteiger partial charge in [-0.25, -0.2) is 9.59 Å². The molecule has 0 saturated carbocycles. The third kappa shape index (κ3) is 5.14. The van der Waals surface area contributed by atoms with E-state index >= 15 is 0 Å². The second kappa shape index (κ2) is 11.1. The van der Waals surface area contributed by atoms with Crippen molar-refractivity contribution < 1.29 is 28.7 Å². The van der Waals surface area contributed by atoms with Crippen LogP contribution in [0, 0.1) is 0 Å². The van der Waals surface area contributed by atoms with Gasteiger partial charge in [-0.3, -0.25) is 9.59 Å². The Balaban J connectivity index is 1.88. The average molecular weight is 523 g/mol. The third-order valence-electron chi connectivity index (χ3n) is 5.02. The molecule has 2 heterocycles. The number of hydrogen-bond acceptors (Lipinski definition) is 8. The van der Waals surface area contributed by atoms with Crippen molar-refractivity contribution in [3.8, 4) is 0 Å². The van der Waals surface area contributed by atoms with E-state index in [1.165, 1.54) is 0 Å². The zero-order valence-electron chi connectivity index (χ0n) is 19.5. The minimum absolute atomic E-state index is 0.141. The van der Waals surface area contributed by atoms with Crippen molar-refractivity contribution in [3.05, 3.63) is 81.5 Å². The van der Waals surface area contributed by atoms with Crippen LogP contribution in [-0.4, -0.2) is 37.0 Å². The maximum atomic E-state index is 13.1. The number of esters is 2. The SMILES string of the molecule is CCOC(=O)c1sc2sc(C(=O)OCC)c(NC(=O)c3ccccc3)c2c1NC(=O)c1ccccc1. The van der Waals surface area contributed by atoms with Crippen LogP contribution in [0.4, 0.5) is 11.4 Å². The maximum absolute atomic E-state index is 13.1. The molecule has 0 saturated heterocycles. The highest BCUT2D eigenvalue weighted by atomic mass is 32.2.